The summed E-state index contributed by atoms with van der Waals surface area (Å²) in [5.74, 6) is -1.23. The smallest absolute Gasteiger partial charge is 0.337 e. The molecular formula is C12H13NO4S. The van der Waals surface area contributed by atoms with Gasteiger partial charge in [0.1, 0.15) is 0 Å². The minimum Gasteiger partial charge on any atom is -0.478 e. The Morgan fingerprint density at radius 3 is 2.72 bits per heavy atom. The summed E-state index contributed by atoms with van der Waals surface area (Å²) in [6, 6.07) is 4.50. The zero-order chi connectivity index (χ0) is 13.3. The summed E-state index contributed by atoms with van der Waals surface area (Å²) < 4.78 is 24.0. The second kappa shape index (κ2) is 4.55. The van der Waals surface area contributed by atoms with Crippen LogP contribution < -0.4 is 5.32 Å². The van der Waals surface area contributed by atoms with E-state index in [4.69, 9.17) is 5.11 Å². The zero-order valence-electron chi connectivity index (χ0n) is 9.80. The summed E-state index contributed by atoms with van der Waals surface area (Å²) in [6.45, 7) is 3.04. The van der Waals surface area contributed by atoms with Crippen molar-refractivity contribution in [1.82, 2.24) is 5.32 Å². The van der Waals surface area contributed by atoms with Crippen molar-refractivity contribution in [3.05, 3.63) is 34.7 Å². The van der Waals surface area contributed by atoms with Crippen LogP contribution in [0.2, 0.25) is 0 Å². The van der Waals surface area contributed by atoms with Crippen LogP contribution in [0.5, 0.6) is 0 Å². The van der Waals surface area contributed by atoms with Gasteiger partial charge in [-0.3, -0.25) is 0 Å². The highest BCUT2D eigenvalue weighted by Crippen LogP contribution is 2.35. The van der Waals surface area contributed by atoms with E-state index in [1.165, 1.54) is 6.07 Å². The van der Waals surface area contributed by atoms with Gasteiger partial charge < -0.3 is 10.4 Å². The summed E-state index contributed by atoms with van der Waals surface area (Å²) in [7, 11) is -3.64. The predicted octanol–water partition coefficient (Wildman–Crippen LogP) is 1.12. The van der Waals surface area contributed by atoms with E-state index >= 15 is 0 Å². The first-order valence-electron chi connectivity index (χ1n) is 5.50. The molecule has 0 atom stereocenters. The van der Waals surface area contributed by atoms with Gasteiger partial charge in [-0.05, 0) is 23.7 Å². The lowest BCUT2D eigenvalue weighted by atomic mass is 10.0. The molecule has 0 spiro atoms. The number of aromatic carboxylic acids is 1. The Morgan fingerprint density at radius 1 is 1.39 bits per heavy atom. The van der Waals surface area contributed by atoms with E-state index in [0.29, 0.717) is 24.2 Å². The number of fused-ring (bicyclic) bond motifs is 1. The van der Waals surface area contributed by atoms with Gasteiger partial charge in [-0.25, -0.2) is 13.2 Å². The van der Waals surface area contributed by atoms with Gasteiger partial charge in [0.25, 0.3) is 0 Å². The maximum absolute atomic E-state index is 12.0. The van der Waals surface area contributed by atoms with Crippen LogP contribution in [-0.2, 0) is 9.84 Å². The van der Waals surface area contributed by atoms with Gasteiger partial charge in [-0.1, -0.05) is 19.1 Å². The predicted molar refractivity (Wildman–Crippen MR) is 67.1 cm³/mol. The van der Waals surface area contributed by atoms with Gasteiger partial charge >= 0.3 is 5.97 Å². The van der Waals surface area contributed by atoms with Crippen LogP contribution in [0.25, 0.3) is 5.57 Å². The lowest BCUT2D eigenvalue weighted by Gasteiger charge is -2.06. The zero-order valence-corrected chi connectivity index (χ0v) is 10.6. The van der Waals surface area contributed by atoms with Crippen LogP contribution in [0, 0.1) is 0 Å². The highest BCUT2D eigenvalue weighted by Gasteiger charge is 2.31. The van der Waals surface area contributed by atoms with Crippen LogP contribution in [0.3, 0.4) is 0 Å². The molecule has 0 aliphatic carbocycles. The Bertz CT molecular complexity index is 631. The fraction of sp³-hybridized carbons (Fsp3) is 0.250. The van der Waals surface area contributed by atoms with Gasteiger partial charge in [0.2, 0.25) is 9.84 Å². The van der Waals surface area contributed by atoms with E-state index in [0.717, 1.165) is 5.41 Å². The number of sulfone groups is 1. The molecular weight excluding hydrogens is 254 g/mol. The Kier molecular flexibility index (Phi) is 3.23. The highest BCUT2D eigenvalue weighted by atomic mass is 32.2. The molecule has 5 nitrogen and oxygen atoms in total. The van der Waals surface area contributed by atoms with E-state index < -0.39 is 15.8 Å². The Morgan fingerprint density at radius 2 is 2.11 bits per heavy atom. The lowest BCUT2D eigenvalue weighted by molar-refractivity contribution is 0.0692. The van der Waals surface area contributed by atoms with Crippen molar-refractivity contribution in [2.45, 2.75) is 11.8 Å². The van der Waals surface area contributed by atoms with Gasteiger partial charge in [0, 0.05) is 12.0 Å². The van der Waals surface area contributed by atoms with Gasteiger partial charge in [0.05, 0.1) is 10.5 Å². The molecule has 1 heterocycles. The average molecular weight is 267 g/mol. The van der Waals surface area contributed by atoms with Crippen molar-refractivity contribution in [3.63, 3.8) is 0 Å². The van der Waals surface area contributed by atoms with Crippen LogP contribution in [0.15, 0.2) is 28.5 Å². The standard InChI is InChI=1S/C12H13NO4S/c1-2-13-6-8-7-18(16,17)11-9(8)4-3-5-10(11)12(14)15/h3-5,7,13H,2,6H2,1H3,(H,14,15). The first kappa shape index (κ1) is 12.8. The SMILES string of the molecule is CCNCC1=CS(=O)(=O)c2c(C(=O)O)cccc21. The monoisotopic (exact) mass is 267 g/mol. The highest BCUT2D eigenvalue weighted by molar-refractivity contribution is 7.95. The number of hydrogen-bond donors (Lipinski definition) is 2. The lowest BCUT2D eigenvalue weighted by Crippen LogP contribution is -2.15. The molecule has 96 valence electrons. The van der Waals surface area contributed by atoms with Crippen LogP contribution in [-0.4, -0.2) is 32.6 Å². The molecule has 0 amide bonds. The number of carboxylic acids is 1. The first-order valence-corrected chi connectivity index (χ1v) is 7.05. The maximum atomic E-state index is 12.0. The molecule has 2 rings (SSSR count). The van der Waals surface area contributed by atoms with Crippen molar-refractivity contribution < 1.29 is 18.3 Å². The summed E-state index contributed by atoms with van der Waals surface area (Å²) in [6.07, 6.45) is 0. The molecule has 0 bridgehead atoms. The van der Waals surface area contributed by atoms with E-state index in [-0.39, 0.29) is 10.5 Å². The van der Waals surface area contributed by atoms with E-state index in [2.05, 4.69) is 5.32 Å². The van der Waals surface area contributed by atoms with Crippen molar-refractivity contribution in [1.29, 1.82) is 0 Å². The van der Waals surface area contributed by atoms with Gasteiger partial charge in [-0.2, -0.15) is 0 Å². The van der Waals surface area contributed by atoms with Gasteiger partial charge in [-0.15, -0.1) is 0 Å². The van der Waals surface area contributed by atoms with Crippen molar-refractivity contribution >= 4 is 21.4 Å². The molecule has 2 N–H and O–H groups in total. The third kappa shape index (κ3) is 2.04. The van der Waals surface area contributed by atoms with Crippen molar-refractivity contribution in [3.8, 4) is 0 Å². The minimum atomic E-state index is -3.64. The second-order valence-electron chi connectivity index (χ2n) is 3.96. The van der Waals surface area contributed by atoms with Gasteiger partial charge in [0.15, 0.2) is 0 Å². The summed E-state index contributed by atoms with van der Waals surface area (Å²) >= 11 is 0. The third-order valence-corrected chi connectivity index (χ3v) is 4.34. The summed E-state index contributed by atoms with van der Waals surface area (Å²) in [5, 5.41) is 13.2. The molecule has 18 heavy (non-hydrogen) atoms. The molecule has 1 aromatic rings. The molecule has 1 aliphatic heterocycles. The normalized spacial score (nSPS) is 16.2. The maximum Gasteiger partial charge on any atom is 0.337 e. The largest absolute Gasteiger partial charge is 0.478 e. The minimum absolute atomic E-state index is 0.0922. The molecule has 1 aliphatic rings. The fourth-order valence-electron chi connectivity index (χ4n) is 1.97. The fourth-order valence-corrected chi connectivity index (χ4v) is 3.64. The number of benzene rings is 1. The Hall–Kier alpha value is -1.66. The van der Waals surface area contributed by atoms with Crippen molar-refractivity contribution in [2.75, 3.05) is 13.1 Å². The van der Waals surface area contributed by atoms with Crippen LogP contribution in [0.4, 0.5) is 0 Å². The molecule has 1 aromatic carbocycles. The molecule has 0 fully saturated rings. The molecule has 0 unspecified atom stereocenters. The van der Waals surface area contributed by atoms with E-state index in [1.807, 2.05) is 6.92 Å². The summed E-state index contributed by atoms with van der Waals surface area (Å²) in [4.78, 5) is 11.0. The number of likely N-dealkylation sites (N-methyl/N-ethyl adjacent to an activating group) is 1. The number of hydrogen-bond acceptors (Lipinski definition) is 4. The molecule has 6 heteroatoms. The Balaban J connectivity index is 2.59. The summed E-state index contributed by atoms with van der Waals surface area (Å²) in [5.41, 5.74) is 0.918. The first-order chi connectivity index (χ1) is 8.47. The number of carboxylic acid groups (broad SMARTS) is 1. The molecule has 0 saturated heterocycles. The van der Waals surface area contributed by atoms with Crippen molar-refractivity contribution in [2.24, 2.45) is 0 Å². The Labute approximate surface area is 105 Å². The van der Waals surface area contributed by atoms with E-state index in [9.17, 15) is 13.2 Å². The number of nitrogens with one attached hydrogen (secondary N) is 1. The van der Waals surface area contributed by atoms with E-state index in [1.54, 1.807) is 12.1 Å². The molecule has 0 radical (unpaired) electrons. The quantitative estimate of drug-likeness (QED) is 0.854. The number of carbonyl (C=O) groups is 1. The van der Waals surface area contributed by atoms with Crippen LogP contribution >= 0.6 is 0 Å². The molecule has 0 aromatic heterocycles. The topological polar surface area (TPSA) is 83.5 Å². The number of rotatable bonds is 4. The average Bonchev–Trinajstić information content (AvgIpc) is 2.58. The van der Waals surface area contributed by atoms with Crippen LogP contribution in [0.1, 0.15) is 22.8 Å². The molecule has 0 saturated carbocycles. The third-order valence-electron chi connectivity index (χ3n) is 2.74. The second-order valence-corrected chi connectivity index (χ2v) is 5.69.